The van der Waals surface area contributed by atoms with Crippen LogP contribution in [0.4, 0.5) is 11.4 Å². The summed E-state index contributed by atoms with van der Waals surface area (Å²) in [6, 6.07) is 9.65. The zero-order valence-corrected chi connectivity index (χ0v) is 18.5. The number of carbonyl (C=O) groups is 1. The van der Waals surface area contributed by atoms with Crippen LogP contribution in [0.2, 0.25) is 0 Å². The molecule has 0 aliphatic carbocycles. The minimum absolute atomic E-state index is 0.106. The average Bonchev–Trinajstić information content (AvgIpc) is 2.98. The molecule has 2 aromatic carbocycles. The Morgan fingerprint density at radius 3 is 2.47 bits per heavy atom. The number of methoxy groups -OCH3 is 2. The molecular formula is C19H21N3O6S2. The van der Waals surface area contributed by atoms with Crippen LogP contribution in [-0.4, -0.2) is 45.9 Å². The van der Waals surface area contributed by atoms with Crippen LogP contribution in [0.3, 0.4) is 0 Å². The Kier molecular flexibility index (Phi) is 6.04. The number of sulfonamides is 1. The molecule has 0 aliphatic rings. The van der Waals surface area contributed by atoms with Crippen molar-refractivity contribution in [1.82, 2.24) is 4.57 Å². The average molecular weight is 452 g/mol. The van der Waals surface area contributed by atoms with Crippen molar-refractivity contribution in [2.24, 2.45) is 7.05 Å². The van der Waals surface area contributed by atoms with Gasteiger partial charge in [-0.25, -0.2) is 8.42 Å². The maximum atomic E-state index is 12.6. The van der Waals surface area contributed by atoms with Gasteiger partial charge in [-0.3, -0.25) is 13.9 Å². The molecule has 0 radical (unpaired) electrons. The molecule has 160 valence electrons. The van der Waals surface area contributed by atoms with Crippen molar-refractivity contribution in [1.29, 1.82) is 0 Å². The highest BCUT2D eigenvalue weighted by Gasteiger charge is 2.22. The third kappa shape index (κ3) is 4.41. The van der Waals surface area contributed by atoms with Crippen LogP contribution in [0.1, 0.15) is 0 Å². The van der Waals surface area contributed by atoms with Gasteiger partial charge in [0.15, 0.2) is 11.5 Å². The number of rotatable bonds is 7. The van der Waals surface area contributed by atoms with E-state index in [-0.39, 0.29) is 10.6 Å². The van der Waals surface area contributed by atoms with Gasteiger partial charge < -0.3 is 19.4 Å². The van der Waals surface area contributed by atoms with Gasteiger partial charge in [-0.05, 0) is 30.3 Å². The molecule has 0 spiro atoms. The molecular weight excluding hydrogens is 430 g/mol. The van der Waals surface area contributed by atoms with Gasteiger partial charge in [-0.1, -0.05) is 11.3 Å². The summed E-state index contributed by atoms with van der Waals surface area (Å²) < 4.78 is 38.3. The summed E-state index contributed by atoms with van der Waals surface area (Å²) >= 11 is 1.07. The summed E-state index contributed by atoms with van der Waals surface area (Å²) in [5.41, 5.74) is 1.49. The van der Waals surface area contributed by atoms with Crippen molar-refractivity contribution in [3.05, 3.63) is 46.1 Å². The third-order valence-corrected chi connectivity index (χ3v) is 6.55. The molecule has 0 fully saturated rings. The molecule has 0 bridgehead atoms. The highest BCUT2D eigenvalue weighted by molar-refractivity contribution is 7.92. The van der Waals surface area contributed by atoms with E-state index in [1.54, 1.807) is 31.3 Å². The Bertz CT molecular complexity index is 1260. The van der Waals surface area contributed by atoms with Gasteiger partial charge >= 0.3 is 4.87 Å². The Balaban J connectivity index is 1.85. The van der Waals surface area contributed by atoms with Crippen LogP contribution in [0, 0.1) is 0 Å². The number of hydrogen-bond donors (Lipinski definition) is 1. The Morgan fingerprint density at radius 1 is 1.13 bits per heavy atom. The van der Waals surface area contributed by atoms with E-state index in [9.17, 15) is 18.0 Å². The molecule has 1 aromatic heterocycles. The largest absolute Gasteiger partial charge is 0.493 e. The number of aromatic nitrogens is 1. The fourth-order valence-electron chi connectivity index (χ4n) is 2.92. The van der Waals surface area contributed by atoms with Gasteiger partial charge in [0, 0.05) is 18.8 Å². The predicted molar refractivity (Wildman–Crippen MR) is 117 cm³/mol. The second-order valence-corrected chi connectivity index (χ2v) is 9.37. The van der Waals surface area contributed by atoms with Crippen LogP contribution in [0.25, 0.3) is 10.2 Å². The second-order valence-electron chi connectivity index (χ2n) is 6.47. The molecule has 0 aliphatic heterocycles. The number of thiazole rings is 1. The van der Waals surface area contributed by atoms with Crippen LogP contribution in [0.5, 0.6) is 11.5 Å². The fourth-order valence-corrected chi connectivity index (χ4v) is 4.69. The molecule has 3 rings (SSSR count). The van der Waals surface area contributed by atoms with Crippen LogP contribution in [0.15, 0.2) is 41.2 Å². The molecule has 11 heteroatoms. The molecule has 1 amide bonds. The number of nitrogens with one attached hydrogen (secondary N) is 1. The summed E-state index contributed by atoms with van der Waals surface area (Å²) in [7, 11) is 0.829. The minimum atomic E-state index is -3.75. The minimum Gasteiger partial charge on any atom is -0.493 e. The molecule has 1 N–H and O–H groups in total. The number of aryl methyl sites for hydroxylation is 1. The first-order valence-electron chi connectivity index (χ1n) is 8.73. The van der Waals surface area contributed by atoms with Gasteiger partial charge in [0.25, 0.3) is 0 Å². The lowest BCUT2D eigenvalue weighted by Crippen LogP contribution is -2.37. The first-order chi connectivity index (χ1) is 14.1. The lowest BCUT2D eigenvalue weighted by Gasteiger charge is -2.23. The number of amides is 1. The first kappa shape index (κ1) is 21.7. The second kappa shape index (κ2) is 8.36. The summed E-state index contributed by atoms with van der Waals surface area (Å²) in [6.07, 6.45) is 1.02. The number of anilines is 2. The maximum absolute atomic E-state index is 12.6. The lowest BCUT2D eigenvalue weighted by atomic mass is 10.2. The van der Waals surface area contributed by atoms with E-state index in [2.05, 4.69) is 5.32 Å². The van der Waals surface area contributed by atoms with Gasteiger partial charge in [-0.15, -0.1) is 0 Å². The highest BCUT2D eigenvalue weighted by Crippen LogP contribution is 2.32. The van der Waals surface area contributed by atoms with Crippen molar-refractivity contribution < 1.29 is 22.7 Å². The number of nitrogens with zero attached hydrogens (tertiary/aromatic N) is 2. The van der Waals surface area contributed by atoms with Crippen molar-refractivity contribution in [3.63, 3.8) is 0 Å². The van der Waals surface area contributed by atoms with Crippen LogP contribution < -0.4 is 24.0 Å². The highest BCUT2D eigenvalue weighted by atomic mass is 32.2. The van der Waals surface area contributed by atoms with Crippen LogP contribution >= 0.6 is 11.3 Å². The van der Waals surface area contributed by atoms with Crippen molar-refractivity contribution in [2.75, 3.05) is 36.6 Å². The molecule has 0 saturated carbocycles. The summed E-state index contributed by atoms with van der Waals surface area (Å²) in [4.78, 5) is 24.3. The van der Waals surface area contributed by atoms with E-state index in [4.69, 9.17) is 9.47 Å². The molecule has 0 unspecified atom stereocenters. The van der Waals surface area contributed by atoms with E-state index in [1.807, 2.05) is 0 Å². The first-order valence-corrected chi connectivity index (χ1v) is 11.4. The van der Waals surface area contributed by atoms with E-state index >= 15 is 0 Å². The number of benzene rings is 2. The zero-order valence-electron chi connectivity index (χ0n) is 16.8. The summed E-state index contributed by atoms with van der Waals surface area (Å²) in [5, 5.41) is 2.68. The normalized spacial score (nSPS) is 11.3. The quantitative estimate of drug-likeness (QED) is 0.589. The molecule has 1 heterocycles. The van der Waals surface area contributed by atoms with Crippen molar-refractivity contribution in [2.45, 2.75) is 0 Å². The van der Waals surface area contributed by atoms with E-state index in [0.29, 0.717) is 17.2 Å². The molecule has 30 heavy (non-hydrogen) atoms. The third-order valence-electron chi connectivity index (χ3n) is 4.42. The number of ether oxygens (including phenoxy) is 2. The van der Waals surface area contributed by atoms with Gasteiger partial charge in [0.2, 0.25) is 15.9 Å². The monoisotopic (exact) mass is 451 g/mol. The Morgan fingerprint density at radius 2 is 1.83 bits per heavy atom. The van der Waals surface area contributed by atoms with Crippen molar-refractivity contribution in [3.8, 4) is 11.5 Å². The number of carbonyl (C=O) groups excluding carboxylic acids is 1. The van der Waals surface area contributed by atoms with E-state index < -0.39 is 22.5 Å². The zero-order chi connectivity index (χ0) is 22.1. The van der Waals surface area contributed by atoms with E-state index in [1.165, 1.54) is 30.9 Å². The maximum Gasteiger partial charge on any atom is 0.307 e. The standard InChI is InChI=1S/C19H21N3O6S2/c1-21-14-7-5-12(9-17(14)29-19(21)24)20-18(23)11-22(30(4,25)26)13-6-8-15(27-2)16(10-13)28-3/h5-10H,11H2,1-4H3,(H,20,23). The molecule has 9 nitrogen and oxygen atoms in total. The van der Waals surface area contributed by atoms with Crippen LogP contribution in [-0.2, 0) is 21.9 Å². The molecule has 0 atom stereocenters. The SMILES string of the molecule is COc1ccc(N(CC(=O)Nc2ccc3c(c2)sc(=O)n3C)S(C)(=O)=O)cc1OC. The van der Waals surface area contributed by atoms with Gasteiger partial charge in [0.1, 0.15) is 6.54 Å². The van der Waals surface area contributed by atoms with E-state index in [0.717, 1.165) is 32.1 Å². The molecule has 0 saturated heterocycles. The van der Waals surface area contributed by atoms with Crippen molar-refractivity contribution >= 4 is 48.9 Å². The lowest BCUT2D eigenvalue weighted by molar-refractivity contribution is -0.114. The smallest absolute Gasteiger partial charge is 0.307 e. The predicted octanol–water partition coefficient (Wildman–Crippen LogP) is 2.02. The topological polar surface area (TPSA) is 107 Å². The summed E-state index contributed by atoms with van der Waals surface area (Å²) in [5.74, 6) is 0.251. The van der Waals surface area contributed by atoms with Gasteiger partial charge in [0.05, 0.1) is 36.4 Å². The van der Waals surface area contributed by atoms with Gasteiger partial charge in [-0.2, -0.15) is 0 Å². The Hall–Kier alpha value is -3.05. The Labute approximate surface area is 177 Å². The summed E-state index contributed by atoms with van der Waals surface area (Å²) in [6.45, 7) is -0.433. The fraction of sp³-hybridized carbons (Fsp3) is 0.263. The number of hydrogen-bond acceptors (Lipinski definition) is 7. The number of fused-ring (bicyclic) bond motifs is 1. The molecule has 3 aromatic rings.